The zero-order chi connectivity index (χ0) is 21.3. The van der Waals surface area contributed by atoms with Gasteiger partial charge < -0.3 is 24.8 Å². The third-order valence-electron chi connectivity index (χ3n) is 7.04. The van der Waals surface area contributed by atoms with Crippen molar-refractivity contribution in [2.75, 3.05) is 0 Å². The number of rotatable bonds is 2. The maximum Gasteiger partial charge on any atom is -1.00 e. The van der Waals surface area contributed by atoms with Crippen LogP contribution in [0.3, 0.4) is 0 Å². The molecule has 32 heavy (non-hydrogen) atoms. The van der Waals surface area contributed by atoms with Gasteiger partial charge in [0.1, 0.15) is 0 Å². The van der Waals surface area contributed by atoms with Crippen molar-refractivity contribution in [2.45, 2.75) is 75.3 Å². The number of allylic oxidation sites excluding steroid dienone is 4. The topological polar surface area (TPSA) is 0 Å². The molecule has 0 spiro atoms. The SMILES string of the molecule is CC(C)(C)c1ccc2c(c1)-c1cc(C(C)(C)C)ccc1[CH]2[Hf+2]([C]1=CC=CC1)=[C]1CC1.[Cl-].[Cl-]. The van der Waals surface area contributed by atoms with E-state index in [0.29, 0.717) is 3.67 Å². The van der Waals surface area contributed by atoms with Gasteiger partial charge in [0.2, 0.25) is 0 Å². The molecule has 1 saturated carbocycles. The number of halogens is 2. The molecule has 5 rings (SSSR count). The normalized spacial score (nSPS) is 16.4. The summed E-state index contributed by atoms with van der Waals surface area (Å²) in [6.07, 6.45) is 11.2. The second kappa shape index (κ2) is 9.12. The predicted molar refractivity (Wildman–Crippen MR) is 127 cm³/mol. The Kier molecular flexibility index (Phi) is 7.37. The molecule has 3 aliphatic rings. The molecular weight excluding hydrogens is 598 g/mol. The molecule has 0 atom stereocenters. The summed E-state index contributed by atoms with van der Waals surface area (Å²) in [6.45, 7) is 14.0. The third kappa shape index (κ3) is 4.59. The van der Waals surface area contributed by atoms with Crippen LogP contribution in [-0.4, -0.2) is 3.26 Å². The van der Waals surface area contributed by atoms with Gasteiger partial charge in [-0.2, -0.15) is 0 Å². The van der Waals surface area contributed by atoms with Crippen LogP contribution >= 0.6 is 0 Å². The van der Waals surface area contributed by atoms with Gasteiger partial charge in [0, 0.05) is 0 Å². The van der Waals surface area contributed by atoms with E-state index in [-0.39, 0.29) is 35.6 Å². The van der Waals surface area contributed by atoms with E-state index in [2.05, 4.69) is 96.2 Å². The maximum absolute atomic E-state index is 2.53. The molecule has 2 aromatic carbocycles. The Morgan fingerprint density at radius 1 is 0.750 bits per heavy atom. The molecule has 0 aromatic heterocycles. The van der Waals surface area contributed by atoms with Gasteiger partial charge in [-0.25, -0.2) is 0 Å². The van der Waals surface area contributed by atoms with E-state index < -0.39 is 21.0 Å². The van der Waals surface area contributed by atoms with Crippen molar-refractivity contribution in [3.05, 3.63) is 80.2 Å². The second-order valence-electron chi connectivity index (χ2n) is 11.4. The number of hydrogen-bond donors (Lipinski definition) is 0. The van der Waals surface area contributed by atoms with Crippen LogP contribution in [0.5, 0.6) is 0 Å². The smallest absolute Gasteiger partial charge is 1.00 e. The van der Waals surface area contributed by atoms with E-state index in [1.807, 2.05) is 6.58 Å². The van der Waals surface area contributed by atoms with Crippen molar-refractivity contribution in [3.8, 4) is 11.1 Å². The first-order valence-electron chi connectivity index (χ1n) is 11.5. The summed E-state index contributed by atoms with van der Waals surface area (Å²) in [6, 6.07) is 14.9. The average molecular weight is 632 g/mol. The Bertz CT molecular complexity index is 1070. The summed E-state index contributed by atoms with van der Waals surface area (Å²) in [5.74, 6) is 0. The molecule has 0 nitrogen and oxygen atoms in total. The minimum atomic E-state index is -2.11. The summed E-state index contributed by atoms with van der Waals surface area (Å²) in [7, 11) is 0. The predicted octanol–water partition coefficient (Wildman–Crippen LogP) is 1.79. The number of benzene rings is 2. The van der Waals surface area contributed by atoms with E-state index in [1.165, 1.54) is 41.5 Å². The minimum Gasteiger partial charge on any atom is -1.00 e. The Labute approximate surface area is 214 Å². The summed E-state index contributed by atoms with van der Waals surface area (Å²) >= 11 is -2.11. The van der Waals surface area contributed by atoms with E-state index in [4.69, 9.17) is 0 Å². The summed E-state index contributed by atoms with van der Waals surface area (Å²) < 4.78 is 4.49. The molecule has 1 fully saturated rings. The molecule has 0 aliphatic heterocycles. The summed E-state index contributed by atoms with van der Waals surface area (Å²) in [5.41, 5.74) is 9.62. The fourth-order valence-corrected chi connectivity index (χ4v) is 18.2. The van der Waals surface area contributed by atoms with Gasteiger partial charge >= 0.3 is 191 Å². The fraction of sp³-hybridized carbons (Fsp3) is 0.414. The maximum atomic E-state index is 2.53. The van der Waals surface area contributed by atoms with E-state index >= 15 is 0 Å². The van der Waals surface area contributed by atoms with Crippen LogP contribution in [0.1, 0.15) is 86.7 Å². The molecule has 0 amide bonds. The molecule has 0 radical (unpaired) electrons. The van der Waals surface area contributed by atoms with Crippen molar-refractivity contribution >= 4 is 3.26 Å². The Hall–Kier alpha value is -0.760. The Morgan fingerprint density at radius 3 is 1.62 bits per heavy atom. The second-order valence-corrected chi connectivity index (χ2v) is 21.3. The molecule has 168 valence electrons. The molecule has 3 heteroatoms. The quantitative estimate of drug-likeness (QED) is 0.444. The van der Waals surface area contributed by atoms with Crippen molar-refractivity contribution < 1.29 is 45.8 Å². The van der Waals surface area contributed by atoms with Gasteiger partial charge in [-0.3, -0.25) is 0 Å². The number of fused-ring (bicyclic) bond motifs is 3. The summed E-state index contributed by atoms with van der Waals surface area (Å²) in [4.78, 5) is 0. The van der Waals surface area contributed by atoms with E-state index in [1.54, 1.807) is 11.1 Å². The third-order valence-corrected chi connectivity index (χ3v) is 19.7. The molecular formula is C29H34Cl2Hf. The van der Waals surface area contributed by atoms with Gasteiger partial charge in [-0.15, -0.1) is 0 Å². The summed E-state index contributed by atoms with van der Waals surface area (Å²) in [5, 5.41) is 0. The molecule has 2 aromatic rings. The largest absolute Gasteiger partial charge is 1.00 e. The Morgan fingerprint density at radius 2 is 1.25 bits per heavy atom. The fourth-order valence-electron chi connectivity index (χ4n) is 5.09. The van der Waals surface area contributed by atoms with Gasteiger partial charge in [-0.05, 0) is 0 Å². The molecule has 0 bridgehead atoms. The molecule has 3 aliphatic carbocycles. The van der Waals surface area contributed by atoms with Crippen LogP contribution in [-0.2, 0) is 31.8 Å². The molecule has 0 unspecified atom stereocenters. The van der Waals surface area contributed by atoms with Crippen LogP contribution in [0, 0.1) is 0 Å². The first-order chi connectivity index (χ1) is 14.1. The van der Waals surface area contributed by atoms with E-state index in [0.717, 1.165) is 0 Å². The van der Waals surface area contributed by atoms with Crippen LogP contribution < -0.4 is 24.8 Å². The average Bonchev–Trinajstić information content (AvgIpc) is 3.26. The van der Waals surface area contributed by atoms with Crippen LogP contribution in [0.15, 0.2) is 58.0 Å². The van der Waals surface area contributed by atoms with E-state index in [9.17, 15) is 0 Å². The van der Waals surface area contributed by atoms with Gasteiger partial charge in [0.15, 0.2) is 0 Å². The monoisotopic (exact) mass is 632 g/mol. The van der Waals surface area contributed by atoms with Crippen molar-refractivity contribution in [3.63, 3.8) is 0 Å². The number of hydrogen-bond acceptors (Lipinski definition) is 0. The first-order valence-corrected chi connectivity index (χ1v) is 17.2. The molecule has 0 heterocycles. The first kappa shape index (κ1) is 25.9. The van der Waals surface area contributed by atoms with Crippen molar-refractivity contribution in [1.82, 2.24) is 0 Å². The van der Waals surface area contributed by atoms with Gasteiger partial charge in [0.25, 0.3) is 0 Å². The standard InChI is InChI=1S/C21H25.C5H5.C3H4.2ClH.Hf/c1-20(2,3)16-9-7-14-11-15-8-10-17(21(4,5)6)13-19(15)18(14)12-16;1-2-4-5-3-1;1-2-3-1;;;/h7-13H,1-6H3;1-3H,4H2;1-2H2;2*1H;/q;;;;;+2/p-2. The Balaban J connectivity index is 0.00000144. The van der Waals surface area contributed by atoms with Crippen LogP contribution in [0.2, 0.25) is 0 Å². The van der Waals surface area contributed by atoms with Crippen molar-refractivity contribution in [2.24, 2.45) is 0 Å². The zero-order valence-electron chi connectivity index (χ0n) is 20.2. The zero-order valence-corrected chi connectivity index (χ0v) is 25.3. The van der Waals surface area contributed by atoms with Gasteiger partial charge in [-0.1, -0.05) is 0 Å². The molecule has 0 saturated heterocycles. The van der Waals surface area contributed by atoms with Crippen LogP contribution in [0.25, 0.3) is 11.1 Å². The molecule has 0 N–H and O–H groups in total. The van der Waals surface area contributed by atoms with Crippen LogP contribution in [0.4, 0.5) is 0 Å². The minimum absolute atomic E-state index is 0. The van der Waals surface area contributed by atoms with Gasteiger partial charge in [0.05, 0.1) is 0 Å². The van der Waals surface area contributed by atoms with Crippen molar-refractivity contribution in [1.29, 1.82) is 0 Å².